The molecular weight excluding hydrogens is 216 g/mol. The van der Waals surface area contributed by atoms with E-state index in [1.807, 2.05) is 6.92 Å². The number of amides is 1. The summed E-state index contributed by atoms with van der Waals surface area (Å²) in [4.78, 5) is 27.9. The molecule has 1 saturated heterocycles. The number of carbonyl (C=O) groups excluding carboxylic acids is 2. The number of pyridine rings is 1. The number of hydrogen-bond acceptors (Lipinski definition) is 3. The summed E-state index contributed by atoms with van der Waals surface area (Å²) in [5, 5.41) is 0.361. The predicted octanol–water partition coefficient (Wildman–Crippen LogP) is 1.35. The van der Waals surface area contributed by atoms with Crippen LogP contribution < -0.4 is 4.90 Å². The largest absolute Gasteiger partial charge is 0.297 e. The van der Waals surface area contributed by atoms with E-state index in [-0.39, 0.29) is 24.7 Å². The van der Waals surface area contributed by atoms with Crippen LogP contribution in [0.5, 0.6) is 0 Å². The number of hydrogen-bond donors (Lipinski definition) is 0. The van der Waals surface area contributed by atoms with Gasteiger partial charge in [0.05, 0.1) is 13.0 Å². The molecule has 5 heteroatoms. The highest BCUT2D eigenvalue weighted by Gasteiger charge is 2.29. The van der Waals surface area contributed by atoms with Crippen molar-refractivity contribution in [1.29, 1.82) is 0 Å². The van der Waals surface area contributed by atoms with Gasteiger partial charge in [0.15, 0.2) is 5.78 Å². The van der Waals surface area contributed by atoms with Crippen LogP contribution >= 0.6 is 11.6 Å². The van der Waals surface area contributed by atoms with Crippen molar-refractivity contribution in [1.82, 2.24) is 4.98 Å². The molecule has 1 aliphatic rings. The Morgan fingerprint density at radius 3 is 2.67 bits per heavy atom. The van der Waals surface area contributed by atoms with E-state index in [0.717, 1.165) is 5.56 Å². The van der Waals surface area contributed by atoms with Crippen LogP contribution in [0.2, 0.25) is 5.15 Å². The SMILES string of the molecule is Cc1ccc(N2CC(=O)CC2=O)nc1Cl. The zero-order chi connectivity index (χ0) is 11.0. The number of carbonyl (C=O) groups is 2. The first-order valence-corrected chi connectivity index (χ1v) is 4.91. The van der Waals surface area contributed by atoms with E-state index >= 15 is 0 Å². The normalized spacial score (nSPS) is 16.3. The van der Waals surface area contributed by atoms with Crippen molar-refractivity contribution in [2.75, 3.05) is 11.4 Å². The zero-order valence-electron chi connectivity index (χ0n) is 8.16. The number of anilines is 1. The molecule has 1 aromatic heterocycles. The summed E-state index contributed by atoms with van der Waals surface area (Å²) in [5.41, 5.74) is 0.846. The number of ketones is 1. The van der Waals surface area contributed by atoms with E-state index in [1.165, 1.54) is 4.90 Å². The number of Topliss-reactive ketones (excluding diaryl/α,β-unsaturated/α-hetero) is 1. The van der Waals surface area contributed by atoms with E-state index in [1.54, 1.807) is 12.1 Å². The van der Waals surface area contributed by atoms with Gasteiger partial charge in [-0.2, -0.15) is 0 Å². The van der Waals surface area contributed by atoms with Crippen LogP contribution in [0.25, 0.3) is 0 Å². The van der Waals surface area contributed by atoms with Gasteiger partial charge in [-0.15, -0.1) is 0 Å². The summed E-state index contributed by atoms with van der Waals surface area (Å²) in [5.74, 6) is 0.146. The highest BCUT2D eigenvalue weighted by atomic mass is 35.5. The Morgan fingerprint density at radius 1 is 1.40 bits per heavy atom. The molecule has 78 valence electrons. The van der Waals surface area contributed by atoms with Crippen LogP contribution in [0.15, 0.2) is 12.1 Å². The average molecular weight is 225 g/mol. The second-order valence-electron chi connectivity index (χ2n) is 3.47. The molecule has 0 spiro atoms. The summed E-state index contributed by atoms with van der Waals surface area (Å²) in [6.07, 6.45) is -0.0345. The first-order valence-electron chi connectivity index (χ1n) is 4.53. The highest BCUT2D eigenvalue weighted by Crippen LogP contribution is 2.21. The molecular formula is C10H9ClN2O2. The summed E-state index contributed by atoms with van der Waals surface area (Å²) >= 11 is 5.84. The minimum atomic E-state index is -0.215. The standard InChI is InChI=1S/C10H9ClN2O2/c1-6-2-3-8(12-10(6)11)13-5-7(14)4-9(13)15/h2-3H,4-5H2,1H3. The minimum Gasteiger partial charge on any atom is -0.297 e. The summed E-state index contributed by atoms with van der Waals surface area (Å²) in [7, 11) is 0. The summed E-state index contributed by atoms with van der Waals surface area (Å²) in [6, 6.07) is 3.47. The molecule has 0 radical (unpaired) electrons. The Labute approximate surface area is 91.9 Å². The topological polar surface area (TPSA) is 50.3 Å². The van der Waals surface area contributed by atoms with Crippen LogP contribution in [-0.4, -0.2) is 23.2 Å². The molecule has 4 nitrogen and oxygen atoms in total. The smallest absolute Gasteiger partial charge is 0.236 e. The Morgan fingerprint density at radius 2 is 2.13 bits per heavy atom. The van der Waals surface area contributed by atoms with Crippen LogP contribution in [-0.2, 0) is 9.59 Å². The molecule has 15 heavy (non-hydrogen) atoms. The van der Waals surface area contributed by atoms with Crippen molar-refractivity contribution >= 4 is 29.1 Å². The molecule has 2 heterocycles. The van der Waals surface area contributed by atoms with Gasteiger partial charge in [0.2, 0.25) is 5.91 Å². The number of nitrogens with zero attached hydrogens (tertiary/aromatic N) is 2. The maximum absolute atomic E-state index is 11.4. The molecule has 1 amide bonds. The van der Waals surface area contributed by atoms with Gasteiger partial charge in [-0.05, 0) is 18.6 Å². The summed E-state index contributed by atoms with van der Waals surface area (Å²) in [6.45, 7) is 1.93. The lowest BCUT2D eigenvalue weighted by Crippen LogP contribution is -2.25. The highest BCUT2D eigenvalue weighted by molar-refractivity contribution is 6.30. The number of aromatic nitrogens is 1. The van der Waals surface area contributed by atoms with E-state index in [0.29, 0.717) is 11.0 Å². The molecule has 0 saturated carbocycles. The lowest BCUT2D eigenvalue weighted by atomic mass is 10.3. The van der Waals surface area contributed by atoms with Gasteiger partial charge in [-0.3, -0.25) is 14.5 Å². The number of halogens is 1. The molecule has 0 N–H and O–H groups in total. The molecule has 0 aromatic carbocycles. The second-order valence-corrected chi connectivity index (χ2v) is 3.83. The Kier molecular flexibility index (Phi) is 2.44. The number of aryl methyl sites for hydroxylation is 1. The third kappa shape index (κ3) is 1.85. The third-order valence-electron chi connectivity index (χ3n) is 2.28. The Hall–Kier alpha value is -1.42. The molecule has 1 fully saturated rings. The van der Waals surface area contributed by atoms with Crippen molar-refractivity contribution in [2.45, 2.75) is 13.3 Å². The molecule has 2 rings (SSSR count). The van der Waals surface area contributed by atoms with Crippen LogP contribution in [0.1, 0.15) is 12.0 Å². The van der Waals surface area contributed by atoms with E-state index in [9.17, 15) is 9.59 Å². The van der Waals surface area contributed by atoms with Gasteiger partial charge in [0, 0.05) is 0 Å². The van der Waals surface area contributed by atoms with Gasteiger partial charge in [0.25, 0.3) is 0 Å². The predicted molar refractivity (Wildman–Crippen MR) is 56.0 cm³/mol. The number of rotatable bonds is 1. The first-order chi connectivity index (χ1) is 7.08. The van der Waals surface area contributed by atoms with Gasteiger partial charge < -0.3 is 0 Å². The minimum absolute atomic E-state index is 0.0345. The molecule has 1 aromatic rings. The van der Waals surface area contributed by atoms with Crippen LogP contribution in [0.4, 0.5) is 5.82 Å². The fourth-order valence-corrected chi connectivity index (χ4v) is 1.59. The van der Waals surface area contributed by atoms with Crippen LogP contribution in [0.3, 0.4) is 0 Å². The maximum Gasteiger partial charge on any atom is 0.236 e. The molecule has 1 aliphatic heterocycles. The first kappa shape index (κ1) is 10.1. The lowest BCUT2D eigenvalue weighted by molar-refractivity contribution is -0.121. The molecule has 0 bridgehead atoms. The van der Waals surface area contributed by atoms with Crippen LogP contribution in [0, 0.1) is 6.92 Å². The van der Waals surface area contributed by atoms with Crippen molar-refractivity contribution in [3.63, 3.8) is 0 Å². The lowest BCUT2D eigenvalue weighted by Gasteiger charge is -2.13. The van der Waals surface area contributed by atoms with Gasteiger partial charge in [0.1, 0.15) is 11.0 Å². The van der Waals surface area contributed by atoms with E-state index in [2.05, 4.69) is 4.98 Å². The average Bonchev–Trinajstić information content (AvgIpc) is 2.50. The van der Waals surface area contributed by atoms with Gasteiger partial charge in [-0.1, -0.05) is 17.7 Å². The van der Waals surface area contributed by atoms with Gasteiger partial charge >= 0.3 is 0 Å². The molecule has 0 atom stereocenters. The monoisotopic (exact) mass is 224 g/mol. The second kappa shape index (κ2) is 3.62. The van der Waals surface area contributed by atoms with Gasteiger partial charge in [-0.25, -0.2) is 4.98 Å². The summed E-state index contributed by atoms with van der Waals surface area (Å²) < 4.78 is 0. The molecule has 0 aliphatic carbocycles. The zero-order valence-corrected chi connectivity index (χ0v) is 8.91. The van der Waals surface area contributed by atoms with Crippen molar-refractivity contribution < 1.29 is 9.59 Å². The van der Waals surface area contributed by atoms with Crippen molar-refractivity contribution in [3.05, 3.63) is 22.8 Å². The van der Waals surface area contributed by atoms with Crippen molar-refractivity contribution in [2.24, 2.45) is 0 Å². The molecule has 0 unspecified atom stereocenters. The fourth-order valence-electron chi connectivity index (χ4n) is 1.44. The Balaban J connectivity index is 2.34. The Bertz CT molecular complexity index is 445. The third-order valence-corrected chi connectivity index (χ3v) is 2.66. The quantitative estimate of drug-likeness (QED) is 0.535. The van der Waals surface area contributed by atoms with E-state index in [4.69, 9.17) is 11.6 Å². The maximum atomic E-state index is 11.4. The van der Waals surface area contributed by atoms with Crippen molar-refractivity contribution in [3.8, 4) is 0 Å². The van der Waals surface area contributed by atoms with E-state index < -0.39 is 0 Å². The fraction of sp³-hybridized carbons (Fsp3) is 0.300.